The van der Waals surface area contributed by atoms with Gasteiger partial charge < -0.3 is 10.0 Å². The van der Waals surface area contributed by atoms with E-state index in [1.807, 2.05) is 4.90 Å². The van der Waals surface area contributed by atoms with Crippen LogP contribution in [-0.4, -0.2) is 59.0 Å². The molecule has 20 heavy (non-hydrogen) atoms. The molecule has 0 aliphatic carbocycles. The summed E-state index contributed by atoms with van der Waals surface area (Å²) < 4.78 is 0. The van der Waals surface area contributed by atoms with Crippen molar-refractivity contribution in [2.45, 2.75) is 26.3 Å². The first-order valence-corrected chi connectivity index (χ1v) is 7.74. The van der Waals surface area contributed by atoms with Gasteiger partial charge in [0, 0.05) is 19.1 Å². The number of hydrogen-bond donors (Lipinski definition) is 1. The van der Waals surface area contributed by atoms with E-state index in [0.29, 0.717) is 10.9 Å². The minimum atomic E-state index is -0.975. The van der Waals surface area contributed by atoms with Gasteiger partial charge in [-0.3, -0.25) is 9.69 Å². The molecule has 2 rings (SSSR count). The fraction of sp³-hybridized carbons (Fsp3) is 0.571. The van der Waals surface area contributed by atoms with Gasteiger partial charge in [-0.15, -0.1) is 11.3 Å². The van der Waals surface area contributed by atoms with E-state index in [1.54, 1.807) is 6.07 Å². The number of hydrogen-bond acceptors (Lipinski definition) is 4. The summed E-state index contributed by atoms with van der Waals surface area (Å²) in [5.41, 5.74) is 0. The van der Waals surface area contributed by atoms with Gasteiger partial charge in [0.25, 0.3) is 5.91 Å². The van der Waals surface area contributed by atoms with Crippen LogP contribution in [0.3, 0.4) is 0 Å². The SMILES string of the molecule is CCN(CC)C1CCN(C(=O)c2ccc(C(=O)O)s2)C1. The second-order valence-electron chi connectivity index (χ2n) is 4.88. The molecule has 0 saturated carbocycles. The summed E-state index contributed by atoms with van der Waals surface area (Å²) in [6, 6.07) is 3.53. The van der Waals surface area contributed by atoms with E-state index in [-0.39, 0.29) is 10.8 Å². The first-order chi connectivity index (χ1) is 9.56. The normalized spacial score (nSPS) is 18.8. The van der Waals surface area contributed by atoms with Crippen LogP contribution in [0.1, 0.15) is 39.6 Å². The Balaban J connectivity index is 2.02. The topological polar surface area (TPSA) is 60.9 Å². The highest BCUT2D eigenvalue weighted by atomic mass is 32.1. The molecular formula is C14H20N2O3S. The Hall–Kier alpha value is -1.40. The zero-order valence-electron chi connectivity index (χ0n) is 11.8. The third kappa shape index (κ3) is 3.02. The number of nitrogens with zero attached hydrogens (tertiary/aromatic N) is 2. The summed E-state index contributed by atoms with van der Waals surface area (Å²) in [6.07, 6.45) is 0.991. The minimum Gasteiger partial charge on any atom is -0.477 e. The molecule has 1 aromatic rings. The number of carbonyl (C=O) groups is 2. The molecule has 1 unspecified atom stereocenters. The van der Waals surface area contributed by atoms with Gasteiger partial charge >= 0.3 is 5.97 Å². The van der Waals surface area contributed by atoms with Crippen molar-refractivity contribution in [3.05, 3.63) is 21.9 Å². The summed E-state index contributed by atoms with van der Waals surface area (Å²) in [4.78, 5) is 28.1. The molecule has 1 saturated heterocycles. The van der Waals surface area contributed by atoms with Crippen LogP contribution in [0.2, 0.25) is 0 Å². The third-order valence-electron chi connectivity index (χ3n) is 3.81. The Kier molecular flexibility index (Phi) is 4.77. The number of carbonyl (C=O) groups excluding carboxylic acids is 1. The quantitative estimate of drug-likeness (QED) is 0.903. The van der Waals surface area contributed by atoms with Crippen molar-refractivity contribution in [3.63, 3.8) is 0 Å². The Morgan fingerprint density at radius 2 is 2.00 bits per heavy atom. The predicted molar refractivity (Wildman–Crippen MR) is 78.5 cm³/mol. The van der Waals surface area contributed by atoms with Gasteiger partial charge in [0.05, 0.1) is 4.88 Å². The van der Waals surface area contributed by atoms with Crippen molar-refractivity contribution in [1.82, 2.24) is 9.80 Å². The van der Waals surface area contributed by atoms with Crippen LogP contribution in [0, 0.1) is 0 Å². The van der Waals surface area contributed by atoms with Crippen LogP contribution in [0.5, 0.6) is 0 Å². The molecule has 0 spiro atoms. The molecule has 0 aromatic carbocycles. The van der Waals surface area contributed by atoms with Crippen LogP contribution in [0.25, 0.3) is 0 Å². The Morgan fingerprint density at radius 1 is 1.35 bits per heavy atom. The second-order valence-corrected chi connectivity index (χ2v) is 5.97. The number of aromatic carboxylic acids is 1. The number of carboxylic acid groups (broad SMARTS) is 1. The first kappa shape index (κ1) is 15.0. The molecule has 1 aliphatic heterocycles. The summed E-state index contributed by atoms with van der Waals surface area (Å²) in [5.74, 6) is -1.02. The molecule has 0 bridgehead atoms. The largest absolute Gasteiger partial charge is 0.477 e. The van der Waals surface area contributed by atoms with Gasteiger partial charge in [-0.25, -0.2) is 4.79 Å². The van der Waals surface area contributed by atoms with Crippen LogP contribution >= 0.6 is 11.3 Å². The van der Waals surface area contributed by atoms with Crippen molar-refractivity contribution in [3.8, 4) is 0 Å². The summed E-state index contributed by atoms with van der Waals surface area (Å²) in [6.45, 7) is 7.73. The van der Waals surface area contributed by atoms with Crippen LogP contribution in [0.15, 0.2) is 12.1 Å². The van der Waals surface area contributed by atoms with Gasteiger partial charge in [-0.2, -0.15) is 0 Å². The lowest BCUT2D eigenvalue weighted by Gasteiger charge is -2.26. The number of amides is 1. The van der Waals surface area contributed by atoms with E-state index in [0.717, 1.165) is 43.9 Å². The molecule has 1 N–H and O–H groups in total. The molecule has 6 heteroatoms. The van der Waals surface area contributed by atoms with Crippen molar-refractivity contribution >= 4 is 23.2 Å². The van der Waals surface area contributed by atoms with Gasteiger partial charge in [0.15, 0.2) is 0 Å². The van der Waals surface area contributed by atoms with E-state index in [1.165, 1.54) is 6.07 Å². The molecule has 1 atom stereocenters. The zero-order valence-corrected chi connectivity index (χ0v) is 12.7. The lowest BCUT2D eigenvalue weighted by Crippen LogP contribution is -2.38. The number of likely N-dealkylation sites (tertiary alicyclic amines) is 1. The maximum absolute atomic E-state index is 12.4. The summed E-state index contributed by atoms with van der Waals surface area (Å²) >= 11 is 1.05. The molecule has 1 aliphatic rings. The lowest BCUT2D eigenvalue weighted by molar-refractivity contribution is 0.0701. The highest BCUT2D eigenvalue weighted by molar-refractivity contribution is 7.15. The summed E-state index contributed by atoms with van der Waals surface area (Å²) in [7, 11) is 0. The van der Waals surface area contributed by atoms with Crippen LogP contribution in [0.4, 0.5) is 0 Å². The maximum Gasteiger partial charge on any atom is 0.345 e. The third-order valence-corrected chi connectivity index (χ3v) is 4.87. The smallest absolute Gasteiger partial charge is 0.345 e. The molecule has 110 valence electrons. The van der Waals surface area contributed by atoms with Crippen molar-refractivity contribution < 1.29 is 14.7 Å². The second kappa shape index (κ2) is 6.37. The molecule has 1 amide bonds. The predicted octanol–water partition coefficient (Wildman–Crippen LogP) is 2.00. The zero-order chi connectivity index (χ0) is 14.7. The highest BCUT2D eigenvalue weighted by Gasteiger charge is 2.30. The number of likely N-dealkylation sites (N-methyl/N-ethyl adjacent to an activating group) is 1. The molecule has 5 nitrogen and oxygen atoms in total. The van der Waals surface area contributed by atoms with E-state index in [4.69, 9.17) is 5.11 Å². The Labute approximate surface area is 122 Å². The lowest BCUT2D eigenvalue weighted by atomic mass is 10.2. The molecule has 2 heterocycles. The van der Waals surface area contributed by atoms with Crippen molar-refractivity contribution in [2.75, 3.05) is 26.2 Å². The van der Waals surface area contributed by atoms with Gasteiger partial charge in [-0.1, -0.05) is 13.8 Å². The van der Waals surface area contributed by atoms with E-state index >= 15 is 0 Å². The van der Waals surface area contributed by atoms with Gasteiger partial charge in [0.2, 0.25) is 0 Å². The molecular weight excluding hydrogens is 276 g/mol. The van der Waals surface area contributed by atoms with Gasteiger partial charge in [-0.05, 0) is 31.6 Å². The van der Waals surface area contributed by atoms with E-state index < -0.39 is 5.97 Å². The Morgan fingerprint density at radius 3 is 2.55 bits per heavy atom. The van der Waals surface area contributed by atoms with Crippen LogP contribution < -0.4 is 0 Å². The standard InChI is InChI=1S/C14H20N2O3S/c1-3-15(4-2)10-7-8-16(9-10)13(17)11-5-6-12(20-11)14(18)19/h5-6,10H,3-4,7-9H2,1-2H3,(H,18,19). The van der Waals surface area contributed by atoms with E-state index in [2.05, 4.69) is 18.7 Å². The number of thiophene rings is 1. The number of carboxylic acids is 1. The van der Waals surface area contributed by atoms with Gasteiger partial charge in [0.1, 0.15) is 4.88 Å². The maximum atomic E-state index is 12.4. The first-order valence-electron chi connectivity index (χ1n) is 6.93. The minimum absolute atomic E-state index is 0.0443. The fourth-order valence-electron chi connectivity index (χ4n) is 2.69. The molecule has 1 fully saturated rings. The molecule has 1 aromatic heterocycles. The van der Waals surface area contributed by atoms with Crippen LogP contribution in [-0.2, 0) is 0 Å². The average molecular weight is 296 g/mol. The summed E-state index contributed by atoms with van der Waals surface area (Å²) in [5, 5.41) is 8.90. The number of rotatable bonds is 5. The fourth-order valence-corrected chi connectivity index (χ4v) is 3.50. The van der Waals surface area contributed by atoms with E-state index in [9.17, 15) is 9.59 Å². The Bertz CT molecular complexity index is 496. The van der Waals surface area contributed by atoms with Crippen molar-refractivity contribution in [1.29, 1.82) is 0 Å². The average Bonchev–Trinajstić information content (AvgIpc) is 3.09. The highest BCUT2D eigenvalue weighted by Crippen LogP contribution is 2.22. The molecule has 0 radical (unpaired) electrons. The monoisotopic (exact) mass is 296 g/mol. The van der Waals surface area contributed by atoms with Crippen molar-refractivity contribution in [2.24, 2.45) is 0 Å².